The van der Waals surface area contributed by atoms with Gasteiger partial charge < -0.3 is 14.8 Å². The topological polar surface area (TPSA) is 64.6 Å². The Hall–Kier alpha value is -2.05. The number of hydrogen-bond acceptors (Lipinski definition) is 4. The van der Waals surface area contributed by atoms with Crippen molar-refractivity contribution >= 4 is 34.0 Å². The Kier molecular flexibility index (Phi) is 5.30. The summed E-state index contributed by atoms with van der Waals surface area (Å²) < 4.78 is 22.9. The highest BCUT2D eigenvalue weighted by Crippen LogP contribution is 2.38. The Balaban J connectivity index is 1.80. The molecule has 1 N–H and O–H groups in total. The zero-order chi connectivity index (χ0) is 18.0. The summed E-state index contributed by atoms with van der Waals surface area (Å²) in [5.41, 5.74) is 2.18. The van der Waals surface area contributed by atoms with E-state index in [-0.39, 0.29) is 12.3 Å². The molecule has 0 saturated heterocycles. The second-order valence-electron chi connectivity index (χ2n) is 5.73. The van der Waals surface area contributed by atoms with Crippen molar-refractivity contribution in [2.75, 3.05) is 24.8 Å². The first-order chi connectivity index (χ1) is 12.0. The van der Waals surface area contributed by atoms with E-state index < -0.39 is 10.8 Å². The van der Waals surface area contributed by atoms with E-state index in [0.717, 1.165) is 11.1 Å². The fraction of sp³-hybridized carbons (Fsp3) is 0.278. The molecule has 25 heavy (non-hydrogen) atoms. The average Bonchev–Trinajstić information content (AvgIpc) is 2.56. The molecule has 1 amide bonds. The minimum absolute atomic E-state index is 0.125. The zero-order valence-electron chi connectivity index (χ0n) is 13.9. The van der Waals surface area contributed by atoms with Crippen molar-refractivity contribution in [1.29, 1.82) is 0 Å². The number of fused-ring (bicyclic) bond motifs is 1. The Bertz CT molecular complexity index is 853. The van der Waals surface area contributed by atoms with Gasteiger partial charge in [-0.1, -0.05) is 23.7 Å². The van der Waals surface area contributed by atoms with Crippen LogP contribution in [0.5, 0.6) is 11.5 Å². The maximum absolute atomic E-state index is 12.5. The lowest BCUT2D eigenvalue weighted by atomic mass is 10.1. The zero-order valence-corrected chi connectivity index (χ0v) is 15.5. The largest absolute Gasteiger partial charge is 0.486 e. The first-order valence-corrected chi connectivity index (χ1v) is 9.70. The molecule has 0 saturated carbocycles. The second-order valence-corrected chi connectivity index (χ2v) is 7.48. The maximum atomic E-state index is 12.5. The number of anilines is 1. The number of hydrogen-bond donors (Lipinski definition) is 1. The van der Waals surface area contributed by atoms with E-state index in [1.54, 1.807) is 24.5 Å². The number of nitrogens with one attached hydrogen (secondary N) is 1. The quantitative estimate of drug-likeness (QED) is 0.884. The highest BCUT2D eigenvalue weighted by molar-refractivity contribution is 7.84. The Morgan fingerprint density at radius 1 is 1.28 bits per heavy atom. The minimum Gasteiger partial charge on any atom is -0.486 e. The SMILES string of the molecule is Cc1cccc([S@@](C)=O)c1NC(=O)Cc1cc(Cl)c2c(c1)OCCO2. The minimum atomic E-state index is -1.19. The smallest absolute Gasteiger partial charge is 0.228 e. The number of aryl methyl sites for hydroxylation is 1. The molecule has 1 heterocycles. The summed E-state index contributed by atoms with van der Waals surface area (Å²) in [5.74, 6) is 0.848. The van der Waals surface area contributed by atoms with Crippen molar-refractivity contribution in [3.8, 4) is 11.5 Å². The lowest BCUT2D eigenvalue weighted by molar-refractivity contribution is -0.115. The van der Waals surface area contributed by atoms with Crippen molar-refractivity contribution in [3.63, 3.8) is 0 Å². The normalized spacial score (nSPS) is 14.0. The first-order valence-electron chi connectivity index (χ1n) is 7.76. The molecule has 0 bridgehead atoms. The highest BCUT2D eigenvalue weighted by atomic mass is 35.5. The average molecular weight is 380 g/mol. The molecular weight excluding hydrogens is 362 g/mol. The summed E-state index contributed by atoms with van der Waals surface area (Å²) in [6.45, 7) is 2.78. The Morgan fingerprint density at radius 3 is 2.80 bits per heavy atom. The van der Waals surface area contributed by atoms with Crippen LogP contribution in [0.1, 0.15) is 11.1 Å². The van der Waals surface area contributed by atoms with Crippen LogP contribution in [0.15, 0.2) is 35.2 Å². The number of ether oxygens (including phenoxy) is 2. The molecule has 3 rings (SSSR count). The van der Waals surface area contributed by atoms with Gasteiger partial charge in [0.25, 0.3) is 0 Å². The number of carbonyl (C=O) groups excluding carboxylic acids is 1. The summed E-state index contributed by atoms with van der Waals surface area (Å²) in [7, 11) is -1.19. The van der Waals surface area contributed by atoms with E-state index in [0.29, 0.717) is 40.3 Å². The second kappa shape index (κ2) is 7.45. The fourth-order valence-electron chi connectivity index (χ4n) is 2.68. The lowest BCUT2D eigenvalue weighted by Gasteiger charge is -2.20. The van der Waals surface area contributed by atoms with Gasteiger partial charge in [-0.25, -0.2) is 0 Å². The number of carbonyl (C=O) groups is 1. The van der Waals surface area contributed by atoms with Gasteiger partial charge >= 0.3 is 0 Å². The Morgan fingerprint density at radius 2 is 2.04 bits per heavy atom. The molecule has 1 aliphatic rings. The van der Waals surface area contributed by atoms with Crippen LogP contribution in [0.25, 0.3) is 0 Å². The van der Waals surface area contributed by atoms with Gasteiger partial charge in [-0.3, -0.25) is 9.00 Å². The molecule has 0 aromatic heterocycles. The van der Waals surface area contributed by atoms with Crippen LogP contribution in [-0.4, -0.2) is 29.6 Å². The third kappa shape index (κ3) is 3.96. The van der Waals surface area contributed by atoms with Crippen LogP contribution in [0.3, 0.4) is 0 Å². The molecule has 2 aromatic carbocycles. The van der Waals surface area contributed by atoms with Crippen molar-refractivity contribution in [2.24, 2.45) is 0 Å². The van der Waals surface area contributed by atoms with Crippen LogP contribution in [0.2, 0.25) is 5.02 Å². The molecule has 0 aliphatic carbocycles. The molecule has 0 unspecified atom stereocenters. The molecule has 5 nitrogen and oxygen atoms in total. The van der Waals surface area contributed by atoms with Crippen LogP contribution >= 0.6 is 11.6 Å². The van der Waals surface area contributed by atoms with Crippen LogP contribution < -0.4 is 14.8 Å². The van der Waals surface area contributed by atoms with Gasteiger partial charge in [0, 0.05) is 6.26 Å². The highest BCUT2D eigenvalue weighted by Gasteiger charge is 2.18. The van der Waals surface area contributed by atoms with Crippen molar-refractivity contribution in [1.82, 2.24) is 0 Å². The van der Waals surface area contributed by atoms with Crippen LogP contribution in [0.4, 0.5) is 5.69 Å². The van der Waals surface area contributed by atoms with Crippen molar-refractivity contribution in [3.05, 3.63) is 46.5 Å². The third-order valence-electron chi connectivity index (χ3n) is 3.83. The number of halogens is 1. The molecular formula is C18H18ClNO4S. The van der Waals surface area contributed by atoms with E-state index in [4.69, 9.17) is 21.1 Å². The summed E-state index contributed by atoms with van der Waals surface area (Å²) in [6.07, 6.45) is 1.71. The summed E-state index contributed by atoms with van der Waals surface area (Å²) in [4.78, 5) is 13.1. The van der Waals surface area contributed by atoms with Gasteiger partial charge in [-0.15, -0.1) is 0 Å². The molecule has 1 aliphatic heterocycles. The van der Waals surface area contributed by atoms with Gasteiger partial charge in [0.2, 0.25) is 5.91 Å². The molecule has 1 atom stereocenters. The lowest BCUT2D eigenvalue weighted by Crippen LogP contribution is -2.18. The van der Waals surface area contributed by atoms with Gasteiger partial charge in [-0.05, 0) is 36.2 Å². The molecule has 0 fully saturated rings. The van der Waals surface area contributed by atoms with E-state index in [1.807, 2.05) is 19.1 Å². The Labute approximate surface area is 153 Å². The monoisotopic (exact) mass is 379 g/mol. The molecule has 2 aromatic rings. The van der Waals surface area contributed by atoms with E-state index in [2.05, 4.69) is 5.32 Å². The van der Waals surface area contributed by atoms with Crippen molar-refractivity contribution < 1.29 is 18.5 Å². The molecule has 132 valence electrons. The van der Waals surface area contributed by atoms with E-state index >= 15 is 0 Å². The fourth-order valence-corrected chi connectivity index (χ4v) is 3.73. The van der Waals surface area contributed by atoms with Gasteiger partial charge in [0.05, 0.1) is 32.8 Å². The number of benzene rings is 2. The van der Waals surface area contributed by atoms with E-state index in [1.165, 1.54) is 0 Å². The van der Waals surface area contributed by atoms with Crippen molar-refractivity contribution in [2.45, 2.75) is 18.2 Å². The predicted molar refractivity (Wildman–Crippen MR) is 98.3 cm³/mol. The summed E-state index contributed by atoms with van der Waals surface area (Å²) >= 11 is 6.21. The van der Waals surface area contributed by atoms with Crippen LogP contribution in [-0.2, 0) is 22.0 Å². The standard InChI is InChI=1S/C18H18ClNO4S/c1-11-4-3-5-15(25(2)22)17(11)20-16(21)10-12-8-13(19)18-14(9-12)23-6-7-24-18/h3-5,8-9H,6-7,10H2,1-2H3,(H,20,21)/t25-/m1/s1. The summed E-state index contributed by atoms with van der Waals surface area (Å²) in [6, 6.07) is 8.90. The molecule has 0 radical (unpaired) electrons. The maximum Gasteiger partial charge on any atom is 0.228 e. The third-order valence-corrected chi connectivity index (χ3v) is 5.07. The molecule has 7 heteroatoms. The van der Waals surface area contributed by atoms with Crippen LogP contribution in [0, 0.1) is 6.92 Å². The number of rotatable bonds is 4. The number of amides is 1. The predicted octanol–water partition coefficient (Wildman–Crippen LogP) is 3.34. The van der Waals surface area contributed by atoms with E-state index in [9.17, 15) is 9.00 Å². The van der Waals surface area contributed by atoms with Gasteiger partial charge in [0.15, 0.2) is 11.5 Å². The number of para-hydroxylation sites is 1. The van der Waals surface area contributed by atoms with Gasteiger partial charge in [0.1, 0.15) is 13.2 Å². The summed E-state index contributed by atoms with van der Waals surface area (Å²) in [5, 5.41) is 3.28. The molecule has 0 spiro atoms. The first kappa shape index (κ1) is 17.8. The van der Waals surface area contributed by atoms with Gasteiger partial charge in [-0.2, -0.15) is 0 Å².